The van der Waals surface area contributed by atoms with Gasteiger partial charge in [0.25, 0.3) is 0 Å². The van der Waals surface area contributed by atoms with Crippen molar-refractivity contribution in [1.29, 1.82) is 0 Å². The molecule has 0 aliphatic heterocycles. The van der Waals surface area contributed by atoms with E-state index < -0.39 is 27.6 Å². The van der Waals surface area contributed by atoms with Crippen molar-refractivity contribution in [2.24, 2.45) is 0 Å². The molecule has 78 valence electrons. The second kappa shape index (κ2) is 4.59. The standard InChI is InChI=1S/C5H5F2N2.C4H9.Sn/c6-5(7)4-9-3-1-2-8-9;1-4(2)3;/h1,3,5H,4H2;1-3H3;. The van der Waals surface area contributed by atoms with Crippen LogP contribution in [0.15, 0.2) is 12.3 Å². The molecule has 14 heavy (non-hydrogen) atoms. The van der Waals surface area contributed by atoms with Crippen molar-refractivity contribution in [3.8, 4) is 0 Å². The number of hydrogen-bond donors (Lipinski definition) is 0. The summed E-state index contributed by atoms with van der Waals surface area (Å²) in [4.78, 5) is 0. The van der Waals surface area contributed by atoms with Gasteiger partial charge in [0.1, 0.15) is 0 Å². The summed E-state index contributed by atoms with van der Waals surface area (Å²) in [5, 5.41) is 4.15. The van der Waals surface area contributed by atoms with Crippen molar-refractivity contribution >= 4 is 24.9 Å². The second-order valence-electron chi connectivity index (χ2n) is 4.19. The summed E-state index contributed by atoms with van der Waals surface area (Å²) in [6.07, 6.45) is -0.670. The molecule has 0 bridgehead atoms. The van der Waals surface area contributed by atoms with Gasteiger partial charge in [0, 0.05) is 0 Å². The van der Waals surface area contributed by atoms with Gasteiger partial charge < -0.3 is 0 Å². The van der Waals surface area contributed by atoms with Gasteiger partial charge in [0.2, 0.25) is 0 Å². The van der Waals surface area contributed by atoms with Crippen LogP contribution in [-0.4, -0.2) is 37.3 Å². The van der Waals surface area contributed by atoms with Crippen LogP contribution in [0.5, 0.6) is 0 Å². The fourth-order valence-corrected chi connectivity index (χ4v) is 4.21. The molecule has 0 fully saturated rings. The first kappa shape index (κ1) is 11.9. The van der Waals surface area contributed by atoms with E-state index >= 15 is 0 Å². The summed E-state index contributed by atoms with van der Waals surface area (Å²) in [7, 11) is 0. The van der Waals surface area contributed by atoms with Crippen LogP contribution >= 0.6 is 0 Å². The Kier molecular flexibility index (Phi) is 3.92. The SMILES string of the molecule is C[C](C)(C)[Sn][c]1ccn(CC(F)F)n1. The quantitative estimate of drug-likeness (QED) is 0.777. The molecule has 1 aromatic heterocycles. The van der Waals surface area contributed by atoms with Gasteiger partial charge in [-0.2, -0.15) is 0 Å². The first-order valence-corrected chi connectivity index (χ1v) is 7.32. The van der Waals surface area contributed by atoms with E-state index in [4.69, 9.17) is 0 Å². The molecule has 2 nitrogen and oxygen atoms in total. The van der Waals surface area contributed by atoms with Gasteiger partial charge in [0.15, 0.2) is 0 Å². The van der Waals surface area contributed by atoms with Crippen LogP contribution in [0.1, 0.15) is 20.8 Å². The molecule has 0 aliphatic rings. The molecule has 0 spiro atoms. The van der Waals surface area contributed by atoms with Crippen LogP contribution in [0.3, 0.4) is 0 Å². The van der Waals surface area contributed by atoms with E-state index in [9.17, 15) is 8.78 Å². The van der Waals surface area contributed by atoms with Gasteiger partial charge >= 0.3 is 92.8 Å². The molecule has 1 aromatic rings. The first-order chi connectivity index (χ1) is 6.37. The molecule has 0 atom stereocenters. The molecule has 2 radical (unpaired) electrons. The third-order valence-corrected chi connectivity index (χ3v) is 5.10. The number of alkyl halides is 2. The van der Waals surface area contributed by atoms with Gasteiger partial charge in [0.05, 0.1) is 0 Å². The zero-order chi connectivity index (χ0) is 10.8. The van der Waals surface area contributed by atoms with Crippen molar-refractivity contribution in [2.75, 3.05) is 0 Å². The molecule has 5 heteroatoms. The van der Waals surface area contributed by atoms with Crippen molar-refractivity contribution in [3.05, 3.63) is 12.3 Å². The number of nitrogens with zero attached hydrogens (tertiary/aromatic N) is 2. The Morgan fingerprint density at radius 3 is 2.64 bits per heavy atom. The molecule has 0 aliphatic carbocycles. The van der Waals surface area contributed by atoms with Crippen molar-refractivity contribution in [1.82, 2.24) is 9.78 Å². The van der Waals surface area contributed by atoms with E-state index in [0.29, 0.717) is 3.43 Å². The van der Waals surface area contributed by atoms with Gasteiger partial charge in [-0.05, 0) is 0 Å². The average molecular weight is 307 g/mol. The predicted octanol–water partition coefficient (Wildman–Crippen LogP) is 1.70. The molecule has 0 unspecified atom stereocenters. The third kappa shape index (κ3) is 4.39. The first-order valence-electron chi connectivity index (χ1n) is 4.46. The number of hydrogen-bond acceptors (Lipinski definition) is 1. The summed E-state index contributed by atoms with van der Waals surface area (Å²) in [6.45, 7) is 6.23. The van der Waals surface area contributed by atoms with Gasteiger partial charge in [-0.25, -0.2) is 0 Å². The zero-order valence-corrected chi connectivity index (χ0v) is 11.4. The van der Waals surface area contributed by atoms with Crippen LogP contribution in [0.2, 0.25) is 3.43 Å². The molecule has 1 heterocycles. The molecule has 0 amide bonds. The van der Waals surface area contributed by atoms with Crippen LogP contribution in [0.4, 0.5) is 8.78 Å². The molecular formula is C9H14F2N2Sn. The van der Waals surface area contributed by atoms with Crippen molar-refractivity contribution in [3.63, 3.8) is 0 Å². The van der Waals surface area contributed by atoms with E-state index in [0.717, 1.165) is 3.71 Å². The summed E-state index contributed by atoms with van der Waals surface area (Å²) >= 11 is -0.748. The van der Waals surface area contributed by atoms with Crippen molar-refractivity contribution < 1.29 is 8.78 Å². The summed E-state index contributed by atoms with van der Waals surface area (Å²) in [5.41, 5.74) is 0. The Morgan fingerprint density at radius 1 is 1.50 bits per heavy atom. The Balaban J connectivity index is 2.60. The Bertz CT molecular complexity index is 291. The Hall–Kier alpha value is -0.131. The monoisotopic (exact) mass is 308 g/mol. The van der Waals surface area contributed by atoms with E-state index in [-0.39, 0.29) is 6.54 Å². The number of halogens is 2. The Labute approximate surface area is 92.9 Å². The fourth-order valence-electron chi connectivity index (χ4n) is 1.06. The minimum absolute atomic E-state index is 0.288. The van der Waals surface area contributed by atoms with E-state index in [1.165, 1.54) is 4.68 Å². The fraction of sp³-hybridized carbons (Fsp3) is 0.667. The molecule has 0 saturated heterocycles. The second-order valence-corrected chi connectivity index (χ2v) is 10.6. The molecule has 0 saturated carbocycles. The van der Waals surface area contributed by atoms with Crippen molar-refractivity contribution in [2.45, 2.75) is 37.2 Å². The van der Waals surface area contributed by atoms with Crippen LogP contribution in [0, 0.1) is 0 Å². The normalized spacial score (nSPS) is 12.4. The summed E-state index contributed by atoms with van der Waals surface area (Å²) in [6, 6.07) is 1.87. The third-order valence-electron chi connectivity index (χ3n) is 1.47. The van der Waals surface area contributed by atoms with Gasteiger partial charge in [-0.3, -0.25) is 0 Å². The van der Waals surface area contributed by atoms with E-state index in [1.54, 1.807) is 6.20 Å². The maximum absolute atomic E-state index is 12.0. The predicted molar refractivity (Wildman–Crippen MR) is 53.3 cm³/mol. The average Bonchev–Trinajstić information content (AvgIpc) is 2.30. The van der Waals surface area contributed by atoms with Crippen LogP contribution < -0.4 is 3.71 Å². The number of aromatic nitrogens is 2. The number of rotatable bonds is 3. The maximum atomic E-state index is 12.0. The summed E-state index contributed by atoms with van der Waals surface area (Å²) in [5.74, 6) is 0. The van der Waals surface area contributed by atoms with E-state index in [2.05, 4.69) is 25.9 Å². The van der Waals surface area contributed by atoms with Crippen LogP contribution in [0.25, 0.3) is 0 Å². The molecule has 0 N–H and O–H groups in total. The molecule has 0 aromatic carbocycles. The summed E-state index contributed by atoms with van der Waals surface area (Å²) < 4.78 is 26.7. The Morgan fingerprint density at radius 2 is 2.14 bits per heavy atom. The van der Waals surface area contributed by atoms with E-state index in [1.807, 2.05) is 6.07 Å². The van der Waals surface area contributed by atoms with Gasteiger partial charge in [-0.1, -0.05) is 0 Å². The van der Waals surface area contributed by atoms with Gasteiger partial charge in [-0.15, -0.1) is 0 Å². The topological polar surface area (TPSA) is 17.8 Å². The van der Waals surface area contributed by atoms with Crippen LogP contribution in [-0.2, 0) is 6.54 Å². The molecular weight excluding hydrogens is 293 g/mol. The minimum atomic E-state index is -2.32. The zero-order valence-electron chi connectivity index (χ0n) is 8.59. The molecule has 1 rings (SSSR count).